The van der Waals surface area contributed by atoms with Crippen molar-refractivity contribution < 1.29 is 23.8 Å². The fourth-order valence-electron chi connectivity index (χ4n) is 4.97. The molecule has 0 aromatic heterocycles. The van der Waals surface area contributed by atoms with Gasteiger partial charge in [-0.15, -0.1) is 0 Å². The SMILES string of the molecule is COc1cc(C(C)NC(=O)C2CCN(C(=O)CCOc3ccccc3)CC2)ccc1OC1CCCC1. The van der Waals surface area contributed by atoms with Gasteiger partial charge in [-0.1, -0.05) is 24.3 Å². The van der Waals surface area contributed by atoms with Crippen molar-refractivity contribution in [3.63, 3.8) is 0 Å². The summed E-state index contributed by atoms with van der Waals surface area (Å²) in [7, 11) is 1.65. The highest BCUT2D eigenvalue weighted by atomic mass is 16.5. The number of likely N-dealkylation sites (tertiary alicyclic amines) is 1. The van der Waals surface area contributed by atoms with Gasteiger partial charge in [0.1, 0.15) is 5.75 Å². The number of benzene rings is 2. The van der Waals surface area contributed by atoms with Crippen LogP contribution in [0.2, 0.25) is 0 Å². The Labute approximate surface area is 214 Å². The Morgan fingerprint density at radius 1 is 1.00 bits per heavy atom. The normalized spacial score (nSPS) is 17.4. The molecule has 0 radical (unpaired) electrons. The lowest BCUT2D eigenvalue weighted by atomic mass is 9.95. The molecule has 7 heteroatoms. The Morgan fingerprint density at radius 2 is 1.72 bits per heavy atom. The molecule has 2 aromatic carbocycles. The van der Waals surface area contributed by atoms with E-state index in [4.69, 9.17) is 14.2 Å². The van der Waals surface area contributed by atoms with Crippen molar-refractivity contribution in [1.82, 2.24) is 10.2 Å². The van der Waals surface area contributed by atoms with Gasteiger partial charge in [-0.2, -0.15) is 0 Å². The molecule has 7 nitrogen and oxygen atoms in total. The van der Waals surface area contributed by atoms with E-state index >= 15 is 0 Å². The molecule has 1 atom stereocenters. The molecule has 1 saturated carbocycles. The van der Waals surface area contributed by atoms with Crippen LogP contribution in [0.1, 0.15) is 63.5 Å². The van der Waals surface area contributed by atoms with Crippen LogP contribution in [0, 0.1) is 5.92 Å². The minimum Gasteiger partial charge on any atom is -0.493 e. The van der Waals surface area contributed by atoms with Crippen molar-refractivity contribution in [1.29, 1.82) is 0 Å². The average Bonchev–Trinajstić information content (AvgIpc) is 3.42. The van der Waals surface area contributed by atoms with Crippen molar-refractivity contribution in [3.8, 4) is 17.2 Å². The van der Waals surface area contributed by atoms with Crippen molar-refractivity contribution in [2.24, 2.45) is 5.92 Å². The standard InChI is InChI=1S/C29H38N2O5/c1-21(23-12-13-26(27(20-23)34-2)36-25-10-6-7-11-25)30-29(33)22-14-17-31(18-15-22)28(32)16-19-35-24-8-4-3-5-9-24/h3-5,8-9,12-13,20-22,25H,6-7,10-11,14-19H2,1-2H3,(H,30,33). The van der Waals surface area contributed by atoms with E-state index in [-0.39, 0.29) is 29.9 Å². The van der Waals surface area contributed by atoms with Crippen LogP contribution in [0.15, 0.2) is 48.5 Å². The van der Waals surface area contributed by atoms with E-state index in [2.05, 4.69) is 5.32 Å². The number of hydrogen-bond acceptors (Lipinski definition) is 5. The average molecular weight is 495 g/mol. The maximum absolute atomic E-state index is 12.9. The fraction of sp³-hybridized carbons (Fsp3) is 0.517. The summed E-state index contributed by atoms with van der Waals surface area (Å²) in [5.74, 6) is 2.24. The van der Waals surface area contributed by atoms with Gasteiger partial charge in [0.15, 0.2) is 11.5 Å². The smallest absolute Gasteiger partial charge is 0.225 e. The highest BCUT2D eigenvalue weighted by Crippen LogP contribution is 2.34. The summed E-state index contributed by atoms with van der Waals surface area (Å²) in [5.41, 5.74) is 0.977. The first kappa shape index (κ1) is 25.9. The molecule has 2 amide bonds. The molecule has 0 spiro atoms. The Morgan fingerprint density at radius 3 is 2.42 bits per heavy atom. The molecule has 2 aromatic rings. The number of carbonyl (C=O) groups is 2. The minimum absolute atomic E-state index is 0.0345. The first-order chi connectivity index (χ1) is 17.5. The maximum Gasteiger partial charge on any atom is 0.225 e. The van der Waals surface area contributed by atoms with E-state index in [1.165, 1.54) is 12.8 Å². The van der Waals surface area contributed by atoms with Crippen LogP contribution in [0.3, 0.4) is 0 Å². The molecule has 4 rings (SSSR count). The van der Waals surface area contributed by atoms with Gasteiger partial charge in [0, 0.05) is 19.0 Å². The molecular formula is C29H38N2O5. The highest BCUT2D eigenvalue weighted by Gasteiger charge is 2.28. The first-order valence-electron chi connectivity index (χ1n) is 13.1. The van der Waals surface area contributed by atoms with Gasteiger partial charge < -0.3 is 24.4 Å². The Kier molecular flexibility index (Phi) is 9.09. The fourth-order valence-corrected chi connectivity index (χ4v) is 4.97. The predicted octanol–water partition coefficient (Wildman–Crippen LogP) is 4.90. The van der Waals surface area contributed by atoms with Crippen molar-refractivity contribution in [2.75, 3.05) is 26.8 Å². The summed E-state index contributed by atoms with van der Waals surface area (Å²) in [6.07, 6.45) is 6.53. The van der Waals surface area contributed by atoms with Gasteiger partial charge in [0.05, 0.1) is 32.3 Å². The molecule has 36 heavy (non-hydrogen) atoms. The number of ether oxygens (including phenoxy) is 3. The molecule has 2 fully saturated rings. The lowest BCUT2D eigenvalue weighted by molar-refractivity contribution is -0.136. The summed E-state index contributed by atoms with van der Waals surface area (Å²) in [6, 6.07) is 15.2. The van der Waals surface area contributed by atoms with Gasteiger partial charge in [-0.25, -0.2) is 0 Å². The second-order valence-corrected chi connectivity index (χ2v) is 9.73. The third-order valence-electron chi connectivity index (χ3n) is 7.19. The van der Waals surface area contributed by atoms with Crippen molar-refractivity contribution in [2.45, 2.75) is 64.0 Å². The summed E-state index contributed by atoms with van der Waals surface area (Å²) < 4.78 is 17.3. The van der Waals surface area contributed by atoms with E-state index in [0.717, 1.165) is 29.9 Å². The Hall–Kier alpha value is -3.22. The number of methoxy groups -OCH3 is 1. The largest absolute Gasteiger partial charge is 0.493 e. The summed E-state index contributed by atoms with van der Waals surface area (Å²) >= 11 is 0. The van der Waals surface area contributed by atoms with Crippen LogP contribution in [-0.4, -0.2) is 49.6 Å². The molecule has 2 aliphatic rings. The van der Waals surface area contributed by atoms with Gasteiger partial charge in [-0.3, -0.25) is 9.59 Å². The number of rotatable bonds is 10. The molecule has 1 unspecified atom stereocenters. The second kappa shape index (κ2) is 12.7. The van der Waals surface area contributed by atoms with E-state index in [0.29, 0.717) is 44.7 Å². The van der Waals surface area contributed by atoms with E-state index in [1.807, 2.05) is 60.4 Å². The quantitative estimate of drug-likeness (QED) is 0.508. The zero-order valence-corrected chi connectivity index (χ0v) is 21.4. The highest BCUT2D eigenvalue weighted by molar-refractivity contribution is 5.80. The summed E-state index contributed by atoms with van der Waals surface area (Å²) in [4.78, 5) is 27.3. The van der Waals surface area contributed by atoms with Crippen molar-refractivity contribution >= 4 is 11.8 Å². The number of nitrogens with zero attached hydrogens (tertiary/aromatic N) is 1. The molecule has 1 aliphatic carbocycles. The second-order valence-electron chi connectivity index (χ2n) is 9.73. The van der Waals surface area contributed by atoms with Gasteiger partial charge >= 0.3 is 0 Å². The number of para-hydroxylation sites is 1. The van der Waals surface area contributed by atoms with Gasteiger partial charge in [0.25, 0.3) is 0 Å². The lowest BCUT2D eigenvalue weighted by Crippen LogP contribution is -2.43. The third kappa shape index (κ3) is 6.93. The molecule has 1 saturated heterocycles. The van der Waals surface area contributed by atoms with Crippen LogP contribution < -0.4 is 19.5 Å². The van der Waals surface area contributed by atoms with Crippen LogP contribution >= 0.6 is 0 Å². The molecule has 1 heterocycles. The number of nitrogens with one attached hydrogen (secondary N) is 1. The monoisotopic (exact) mass is 494 g/mol. The minimum atomic E-state index is -0.151. The zero-order valence-electron chi connectivity index (χ0n) is 21.4. The van der Waals surface area contributed by atoms with E-state index < -0.39 is 0 Å². The van der Waals surface area contributed by atoms with Crippen molar-refractivity contribution in [3.05, 3.63) is 54.1 Å². The predicted molar refractivity (Wildman–Crippen MR) is 138 cm³/mol. The molecule has 194 valence electrons. The lowest BCUT2D eigenvalue weighted by Gasteiger charge is -2.32. The number of piperidine rings is 1. The Bertz CT molecular complexity index is 998. The van der Waals surface area contributed by atoms with E-state index in [1.54, 1.807) is 7.11 Å². The maximum atomic E-state index is 12.9. The number of hydrogen-bond donors (Lipinski definition) is 1. The topological polar surface area (TPSA) is 77.1 Å². The van der Waals surface area contributed by atoms with Gasteiger partial charge in [-0.05, 0) is 75.3 Å². The number of amides is 2. The molecule has 1 N–H and O–H groups in total. The third-order valence-corrected chi connectivity index (χ3v) is 7.19. The van der Waals surface area contributed by atoms with Crippen LogP contribution in [0.4, 0.5) is 0 Å². The van der Waals surface area contributed by atoms with Gasteiger partial charge in [0.2, 0.25) is 11.8 Å². The molecular weight excluding hydrogens is 456 g/mol. The Balaban J connectivity index is 1.22. The van der Waals surface area contributed by atoms with E-state index in [9.17, 15) is 9.59 Å². The summed E-state index contributed by atoms with van der Waals surface area (Å²) in [5, 5.41) is 3.15. The molecule has 0 bridgehead atoms. The summed E-state index contributed by atoms with van der Waals surface area (Å²) in [6.45, 7) is 3.53. The molecule has 1 aliphatic heterocycles. The van der Waals surface area contributed by atoms with Crippen LogP contribution in [0.25, 0.3) is 0 Å². The van der Waals surface area contributed by atoms with Crippen LogP contribution in [-0.2, 0) is 9.59 Å². The van der Waals surface area contributed by atoms with Crippen LogP contribution in [0.5, 0.6) is 17.2 Å². The first-order valence-corrected chi connectivity index (χ1v) is 13.1. The number of carbonyl (C=O) groups excluding carboxylic acids is 2. The zero-order chi connectivity index (χ0) is 25.3.